The third-order valence-electron chi connectivity index (χ3n) is 4.32. The molecule has 2 rings (SSSR count). The van der Waals surface area contributed by atoms with Gasteiger partial charge in [0.05, 0.1) is 0 Å². The number of hydrogen-bond acceptors (Lipinski definition) is 3. The third kappa shape index (κ3) is 4.45. The number of nitrogens with zero attached hydrogens (tertiary/aromatic N) is 2. The van der Waals surface area contributed by atoms with Gasteiger partial charge in [-0.25, -0.2) is 0 Å². The maximum absolute atomic E-state index is 6.07. The first kappa shape index (κ1) is 15.8. The van der Waals surface area contributed by atoms with Crippen LogP contribution in [0.5, 0.6) is 0 Å². The van der Waals surface area contributed by atoms with Crippen LogP contribution in [0.15, 0.2) is 24.3 Å². The van der Waals surface area contributed by atoms with E-state index < -0.39 is 0 Å². The normalized spacial score (nSPS) is 22.9. The van der Waals surface area contributed by atoms with Crippen molar-refractivity contribution >= 4 is 11.6 Å². The fourth-order valence-corrected chi connectivity index (χ4v) is 3.15. The van der Waals surface area contributed by atoms with Crippen LogP contribution < -0.4 is 5.32 Å². The van der Waals surface area contributed by atoms with Crippen LogP contribution in [0.25, 0.3) is 0 Å². The van der Waals surface area contributed by atoms with Crippen molar-refractivity contribution < 1.29 is 0 Å². The molecular formula is C16H26ClN3. The molecule has 1 aromatic carbocycles. The summed E-state index contributed by atoms with van der Waals surface area (Å²) in [4.78, 5) is 4.92. The van der Waals surface area contributed by atoms with Crippen LogP contribution in [-0.4, -0.2) is 62.7 Å². The Morgan fingerprint density at radius 1 is 1.35 bits per heavy atom. The van der Waals surface area contributed by atoms with Gasteiger partial charge in [0.1, 0.15) is 0 Å². The minimum Gasteiger partial charge on any atom is -0.317 e. The first-order valence-corrected chi connectivity index (χ1v) is 7.76. The van der Waals surface area contributed by atoms with Gasteiger partial charge in [0.2, 0.25) is 0 Å². The van der Waals surface area contributed by atoms with Gasteiger partial charge in [0, 0.05) is 36.7 Å². The van der Waals surface area contributed by atoms with Gasteiger partial charge in [-0.3, -0.25) is 0 Å². The van der Waals surface area contributed by atoms with Crippen molar-refractivity contribution in [1.29, 1.82) is 0 Å². The summed E-state index contributed by atoms with van der Waals surface area (Å²) in [5.74, 6) is 0. The highest BCUT2D eigenvalue weighted by molar-refractivity contribution is 6.30. The Bertz CT molecular complexity index is 424. The fraction of sp³-hybridized carbons (Fsp3) is 0.625. The number of benzene rings is 1. The molecule has 4 heteroatoms. The van der Waals surface area contributed by atoms with Crippen molar-refractivity contribution in [2.75, 3.05) is 40.8 Å². The van der Waals surface area contributed by atoms with Crippen LogP contribution in [0, 0.1) is 0 Å². The van der Waals surface area contributed by atoms with E-state index in [2.05, 4.69) is 48.4 Å². The minimum atomic E-state index is 0.493. The summed E-state index contributed by atoms with van der Waals surface area (Å²) in [6, 6.07) is 9.32. The predicted octanol–water partition coefficient (Wildman–Crippen LogP) is 2.11. The van der Waals surface area contributed by atoms with Crippen LogP contribution in [0.4, 0.5) is 0 Å². The molecule has 1 saturated heterocycles. The van der Waals surface area contributed by atoms with Gasteiger partial charge in [-0.15, -0.1) is 0 Å². The van der Waals surface area contributed by atoms with Gasteiger partial charge in [0.25, 0.3) is 0 Å². The molecule has 20 heavy (non-hydrogen) atoms. The first-order valence-electron chi connectivity index (χ1n) is 7.39. The monoisotopic (exact) mass is 295 g/mol. The topological polar surface area (TPSA) is 18.5 Å². The Morgan fingerprint density at radius 2 is 2.15 bits per heavy atom. The summed E-state index contributed by atoms with van der Waals surface area (Å²) in [5.41, 5.74) is 1.31. The first-order chi connectivity index (χ1) is 9.58. The molecule has 1 aliphatic rings. The van der Waals surface area contributed by atoms with Crippen molar-refractivity contribution in [2.24, 2.45) is 0 Å². The molecule has 3 nitrogen and oxygen atoms in total. The molecular weight excluding hydrogens is 270 g/mol. The van der Waals surface area contributed by atoms with Crippen molar-refractivity contribution in [3.63, 3.8) is 0 Å². The van der Waals surface area contributed by atoms with Crippen molar-refractivity contribution in [3.8, 4) is 0 Å². The summed E-state index contributed by atoms with van der Waals surface area (Å²) in [7, 11) is 6.51. The van der Waals surface area contributed by atoms with Crippen molar-refractivity contribution in [2.45, 2.75) is 24.9 Å². The van der Waals surface area contributed by atoms with Gasteiger partial charge < -0.3 is 15.1 Å². The number of piperazine rings is 1. The van der Waals surface area contributed by atoms with Crippen LogP contribution in [-0.2, 0) is 6.42 Å². The molecule has 0 bridgehead atoms. The Hall–Kier alpha value is -0.610. The Labute approximate surface area is 127 Å². The minimum absolute atomic E-state index is 0.493. The highest BCUT2D eigenvalue weighted by atomic mass is 35.5. The van der Waals surface area contributed by atoms with Gasteiger partial charge in [-0.05, 0) is 51.7 Å². The molecule has 0 saturated carbocycles. The zero-order valence-electron chi connectivity index (χ0n) is 12.8. The van der Waals surface area contributed by atoms with E-state index in [-0.39, 0.29) is 0 Å². The lowest BCUT2D eigenvalue weighted by atomic mass is 9.97. The van der Waals surface area contributed by atoms with E-state index in [1.165, 1.54) is 18.5 Å². The Morgan fingerprint density at radius 3 is 2.85 bits per heavy atom. The number of hydrogen-bond donors (Lipinski definition) is 1. The fourth-order valence-electron chi connectivity index (χ4n) is 2.94. The smallest absolute Gasteiger partial charge is 0.0408 e. The average Bonchev–Trinajstić information content (AvgIpc) is 2.42. The molecule has 112 valence electrons. The second-order valence-electron chi connectivity index (χ2n) is 5.95. The van der Waals surface area contributed by atoms with Crippen LogP contribution >= 0.6 is 11.6 Å². The summed E-state index contributed by atoms with van der Waals surface area (Å²) in [6.07, 6.45) is 2.20. The highest BCUT2D eigenvalue weighted by Crippen LogP contribution is 2.17. The Balaban J connectivity index is 1.94. The van der Waals surface area contributed by atoms with Crippen LogP contribution in [0.3, 0.4) is 0 Å². The van der Waals surface area contributed by atoms with Gasteiger partial charge in [-0.1, -0.05) is 23.7 Å². The van der Waals surface area contributed by atoms with E-state index in [0.717, 1.165) is 24.5 Å². The molecule has 2 atom stereocenters. The quantitative estimate of drug-likeness (QED) is 0.897. The van der Waals surface area contributed by atoms with Gasteiger partial charge in [-0.2, -0.15) is 0 Å². The maximum Gasteiger partial charge on any atom is 0.0408 e. The Kier molecular flexibility index (Phi) is 5.85. The van der Waals surface area contributed by atoms with E-state index in [9.17, 15) is 0 Å². The van der Waals surface area contributed by atoms with Crippen molar-refractivity contribution in [3.05, 3.63) is 34.9 Å². The van der Waals surface area contributed by atoms with E-state index in [1.807, 2.05) is 12.1 Å². The zero-order valence-corrected chi connectivity index (χ0v) is 13.5. The standard InChI is InChI=1S/C16H26ClN3/c1-18-15(10-13-5-4-6-14(17)9-13)11-16-12-19(2)7-8-20(16)3/h4-6,9,15-16,18H,7-8,10-12H2,1-3H3. The zero-order chi connectivity index (χ0) is 14.5. The summed E-state index contributed by atoms with van der Waals surface area (Å²) >= 11 is 6.07. The van der Waals surface area contributed by atoms with E-state index >= 15 is 0 Å². The molecule has 0 aromatic heterocycles. The SMILES string of the molecule is CNC(Cc1cccc(Cl)c1)CC1CN(C)CCN1C. The molecule has 1 N–H and O–H groups in total. The molecule has 2 unspecified atom stereocenters. The lowest BCUT2D eigenvalue weighted by Gasteiger charge is -2.39. The summed E-state index contributed by atoms with van der Waals surface area (Å²) in [5, 5.41) is 4.29. The number of rotatable bonds is 5. The van der Waals surface area contributed by atoms with Crippen LogP contribution in [0.2, 0.25) is 5.02 Å². The summed E-state index contributed by atoms with van der Waals surface area (Å²) in [6.45, 7) is 3.49. The molecule has 1 aromatic rings. The van der Waals surface area contributed by atoms with E-state index in [4.69, 9.17) is 11.6 Å². The second-order valence-corrected chi connectivity index (χ2v) is 6.39. The molecule has 0 spiro atoms. The largest absolute Gasteiger partial charge is 0.317 e. The lowest BCUT2D eigenvalue weighted by molar-refractivity contribution is 0.102. The predicted molar refractivity (Wildman–Crippen MR) is 86.5 cm³/mol. The van der Waals surface area contributed by atoms with Crippen LogP contribution in [0.1, 0.15) is 12.0 Å². The lowest BCUT2D eigenvalue weighted by Crippen LogP contribution is -2.52. The molecule has 0 amide bonds. The molecule has 0 aliphatic carbocycles. The molecule has 0 radical (unpaired) electrons. The number of nitrogens with one attached hydrogen (secondary N) is 1. The third-order valence-corrected chi connectivity index (χ3v) is 4.55. The second kappa shape index (κ2) is 7.41. The van der Waals surface area contributed by atoms with Crippen molar-refractivity contribution in [1.82, 2.24) is 15.1 Å². The van der Waals surface area contributed by atoms with E-state index in [0.29, 0.717) is 12.1 Å². The van der Waals surface area contributed by atoms with E-state index in [1.54, 1.807) is 0 Å². The summed E-state index contributed by atoms with van der Waals surface area (Å²) < 4.78 is 0. The average molecular weight is 296 g/mol. The number of halogens is 1. The maximum atomic E-state index is 6.07. The molecule has 1 heterocycles. The molecule has 1 aliphatic heterocycles. The van der Waals surface area contributed by atoms with Gasteiger partial charge >= 0.3 is 0 Å². The highest BCUT2D eigenvalue weighted by Gasteiger charge is 2.24. The molecule has 1 fully saturated rings. The number of likely N-dealkylation sites (N-methyl/N-ethyl adjacent to an activating group) is 3. The van der Waals surface area contributed by atoms with Gasteiger partial charge in [0.15, 0.2) is 0 Å².